The van der Waals surface area contributed by atoms with Gasteiger partial charge in [-0.25, -0.2) is 18.5 Å². The van der Waals surface area contributed by atoms with Crippen molar-refractivity contribution in [1.82, 2.24) is 14.8 Å². The van der Waals surface area contributed by atoms with Crippen molar-refractivity contribution in [1.29, 1.82) is 0 Å². The summed E-state index contributed by atoms with van der Waals surface area (Å²) in [5.41, 5.74) is 0.477. The lowest BCUT2D eigenvalue weighted by Gasteiger charge is -2.36. The highest BCUT2D eigenvalue weighted by Crippen LogP contribution is 2.24. The van der Waals surface area contributed by atoms with Crippen LogP contribution >= 0.6 is 11.6 Å². The van der Waals surface area contributed by atoms with Crippen molar-refractivity contribution >= 4 is 33.1 Å². The van der Waals surface area contributed by atoms with E-state index in [0.29, 0.717) is 24.5 Å². The third-order valence-electron chi connectivity index (χ3n) is 4.90. The summed E-state index contributed by atoms with van der Waals surface area (Å²) in [5.74, 6) is 0.916. The largest absolute Gasteiger partial charge is 0.365 e. The number of nitrogens with two attached hydrogens (primary N) is 1. The minimum Gasteiger partial charge on any atom is -0.365 e. The number of anilines is 2. The highest BCUT2D eigenvalue weighted by atomic mass is 35.5. The third-order valence-corrected chi connectivity index (χ3v) is 6.19. The summed E-state index contributed by atoms with van der Waals surface area (Å²) in [6.07, 6.45) is 3.31. The number of sulfonamides is 1. The van der Waals surface area contributed by atoms with Crippen molar-refractivity contribution in [3.8, 4) is 5.69 Å². The Kier molecular flexibility index (Phi) is 5.46. The van der Waals surface area contributed by atoms with Gasteiger partial charge in [0.25, 0.3) is 5.56 Å². The molecule has 1 aromatic carbocycles. The fourth-order valence-electron chi connectivity index (χ4n) is 3.32. The molecule has 1 saturated heterocycles. The lowest BCUT2D eigenvalue weighted by atomic mass is 10.2. The van der Waals surface area contributed by atoms with Gasteiger partial charge in [-0.15, -0.1) is 0 Å². The van der Waals surface area contributed by atoms with Gasteiger partial charge in [0, 0.05) is 32.4 Å². The second-order valence-corrected chi connectivity index (χ2v) is 8.70. The van der Waals surface area contributed by atoms with E-state index >= 15 is 0 Å². The summed E-state index contributed by atoms with van der Waals surface area (Å²) in [6, 6.07) is 11.3. The molecule has 0 radical (unpaired) electrons. The molecule has 3 heterocycles. The number of hydrogen-bond acceptors (Lipinski definition) is 7. The Labute approximate surface area is 178 Å². The van der Waals surface area contributed by atoms with Crippen LogP contribution in [0, 0.1) is 0 Å². The summed E-state index contributed by atoms with van der Waals surface area (Å²) in [7, 11) is -3.81. The predicted octanol–water partition coefficient (Wildman–Crippen LogP) is 1.25. The van der Waals surface area contributed by atoms with E-state index in [-0.39, 0.29) is 9.92 Å². The number of pyridine rings is 1. The smallest absolute Gasteiger partial charge is 0.292 e. The van der Waals surface area contributed by atoms with E-state index in [1.165, 1.54) is 24.3 Å². The molecule has 4 rings (SSSR count). The molecule has 2 aromatic heterocycles. The minimum atomic E-state index is -3.81. The van der Waals surface area contributed by atoms with Gasteiger partial charge in [0.05, 0.1) is 22.5 Å². The van der Waals surface area contributed by atoms with Crippen LogP contribution in [-0.4, -0.2) is 49.4 Å². The van der Waals surface area contributed by atoms with Gasteiger partial charge in [0.1, 0.15) is 10.8 Å². The third kappa shape index (κ3) is 4.02. The fraction of sp³-hybridized carbons (Fsp3) is 0.211. The first kappa shape index (κ1) is 20.3. The van der Waals surface area contributed by atoms with Crippen LogP contribution in [-0.2, 0) is 10.0 Å². The molecule has 3 aromatic rings. The number of benzene rings is 1. The molecule has 1 aliphatic heterocycles. The normalized spacial score (nSPS) is 14.7. The lowest BCUT2D eigenvalue weighted by molar-refractivity contribution is 0.597. The molecule has 0 amide bonds. The van der Waals surface area contributed by atoms with Crippen LogP contribution in [0.3, 0.4) is 0 Å². The maximum Gasteiger partial charge on any atom is 0.292 e. The Morgan fingerprint density at radius 3 is 2.23 bits per heavy atom. The topological polar surface area (TPSA) is 114 Å². The van der Waals surface area contributed by atoms with Crippen molar-refractivity contribution in [2.45, 2.75) is 4.90 Å². The predicted molar refractivity (Wildman–Crippen MR) is 115 cm³/mol. The van der Waals surface area contributed by atoms with Crippen LogP contribution in [0.1, 0.15) is 0 Å². The number of nitrogens with zero attached hydrogens (tertiary/aromatic N) is 5. The zero-order chi connectivity index (χ0) is 21.3. The molecule has 2 N–H and O–H groups in total. The maximum atomic E-state index is 12.8. The van der Waals surface area contributed by atoms with Gasteiger partial charge < -0.3 is 9.80 Å². The molecular weight excluding hydrogens is 428 g/mol. The van der Waals surface area contributed by atoms with E-state index in [0.717, 1.165) is 23.6 Å². The van der Waals surface area contributed by atoms with Gasteiger partial charge in [0.2, 0.25) is 10.0 Å². The molecule has 0 bridgehead atoms. The number of primary sulfonamides is 1. The zero-order valence-electron chi connectivity index (χ0n) is 15.8. The SMILES string of the molecule is NS(=O)(=O)c1ccc(-n2ncc(N3CCN(c4ccccn4)CC3)c(Cl)c2=O)cc1. The van der Waals surface area contributed by atoms with Crippen LogP contribution < -0.4 is 20.5 Å². The average molecular weight is 447 g/mol. The van der Waals surface area contributed by atoms with Crippen LogP contribution in [0.15, 0.2) is 64.5 Å². The lowest BCUT2D eigenvalue weighted by Crippen LogP contribution is -2.47. The quantitative estimate of drug-likeness (QED) is 0.641. The number of piperazine rings is 1. The van der Waals surface area contributed by atoms with Crippen molar-refractivity contribution in [2.24, 2.45) is 5.14 Å². The molecule has 9 nitrogen and oxygen atoms in total. The van der Waals surface area contributed by atoms with Crippen molar-refractivity contribution in [3.05, 3.63) is 70.2 Å². The first-order valence-corrected chi connectivity index (χ1v) is 11.1. The van der Waals surface area contributed by atoms with E-state index < -0.39 is 15.6 Å². The molecule has 0 saturated carbocycles. The summed E-state index contributed by atoms with van der Waals surface area (Å²) < 4.78 is 23.9. The monoisotopic (exact) mass is 446 g/mol. The van der Waals surface area contributed by atoms with E-state index in [1.807, 2.05) is 23.1 Å². The molecule has 0 unspecified atom stereocenters. The standard InChI is InChI=1S/C19H19ClN6O3S/c20-18-16(24-9-11-25(12-10-24)17-3-1-2-8-22-17)13-23-26(19(18)27)14-4-6-15(7-5-14)30(21,28)29/h1-8,13H,9-12H2,(H2,21,28,29). The van der Waals surface area contributed by atoms with Gasteiger partial charge >= 0.3 is 0 Å². The van der Waals surface area contributed by atoms with E-state index in [4.69, 9.17) is 16.7 Å². The minimum absolute atomic E-state index is 0.0483. The molecule has 1 fully saturated rings. The summed E-state index contributed by atoms with van der Waals surface area (Å²) in [4.78, 5) is 21.3. The van der Waals surface area contributed by atoms with Crippen molar-refractivity contribution < 1.29 is 8.42 Å². The van der Waals surface area contributed by atoms with Gasteiger partial charge in [0.15, 0.2) is 0 Å². The van der Waals surface area contributed by atoms with Crippen LogP contribution in [0.5, 0.6) is 0 Å². The summed E-state index contributed by atoms with van der Waals surface area (Å²) in [5, 5.41) is 9.39. The number of rotatable bonds is 4. The highest BCUT2D eigenvalue weighted by Gasteiger charge is 2.22. The Hall–Kier alpha value is -2.95. The van der Waals surface area contributed by atoms with E-state index in [2.05, 4.69) is 15.0 Å². The van der Waals surface area contributed by atoms with Gasteiger partial charge in [-0.1, -0.05) is 17.7 Å². The number of aromatic nitrogens is 3. The van der Waals surface area contributed by atoms with Crippen molar-refractivity contribution in [3.63, 3.8) is 0 Å². The maximum absolute atomic E-state index is 12.8. The molecule has 11 heteroatoms. The summed E-state index contributed by atoms with van der Waals surface area (Å²) in [6.45, 7) is 2.83. The zero-order valence-corrected chi connectivity index (χ0v) is 17.4. The first-order valence-electron chi connectivity index (χ1n) is 9.16. The number of hydrogen-bond donors (Lipinski definition) is 1. The Morgan fingerprint density at radius 2 is 1.63 bits per heavy atom. The molecule has 30 heavy (non-hydrogen) atoms. The van der Waals surface area contributed by atoms with Crippen LogP contribution in [0.25, 0.3) is 5.69 Å². The Bertz CT molecular complexity index is 1210. The Morgan fingerprint density at radius 1 is 0.967 bits per heavy atom. The van der Waals surface area contributed by atoms with E-state index in [1.54, 1.807) is 12.4 Å². The molecule has 0 atom stereocenters. The van der Waals surface area contributed by atoms with Crippen molar-refractivity contribution in [2.75, 3.05) is 36.0 Å². The van der Waals surface area contributed by atoms with Crippen LogP contribution in [0.4, 0.5) is 11.5 Å². The van der Waals surface area contributed by atoms with Crippen LogP contribution in [0.2, 0.25) is 5.02 Å². The molecule has 156 valence electrons. The first-order chi connectivity index (χ1) is 14.3. The molecular formula is C19H19ClN6O3S. The Balaban J connectivity index is 1.54. The van der Waals surface area contributed by atoms with Gasteiger partial charge in [-0.3, -0.25) is 4.79 Å². The fourth-order valence-corrected chi connectivity index (χ4v) is 4.09. The molecule has 0 spiro atoms. The number of halogens is 1. The highest BCUT2D eigenvalue weighted by molar-refractivity contribution is 7.89. The second-order valence-electron chi connectivity index (χ2n) is 6.76. The van der Waals surface area contributed by atoms with Gasteiger partial charge in [-0.05, 0) is 36.4 Å². The second kappa shape index (κ2) is 8.05. The summed E-state index contributed by atoms with van der Waals surface area (Å²) >= 11 is 6.38. The molecule has 1 aliphatic rings. The molecule has 0 aliphatic carbocycles. The average Bonchev–Trinajstić information content (AvgIpc) is 2.76. The van der Waals surface area contributed by atoms with E-state index in [9.17, 15) is 13.2 Å². The van der Waals surface area contributed by atoms with Gasteiger partial charge in [-0.2, -0.15) is 9.78 Å².